The highest BCUT2D eigenvalue weighted by molar-refractivity contribution is 6.03. The molecule has 2 N–H and O–H groups in total. The van der Waals surface area contributed by atoms with E-state index in [1.54, 1.807) is 43.5 Å². The van der Waals surface area contributed by atoms with Crippen LogP contribution in [0.2, 0.25) is 0 Å². The zero-order valence-electron chi connectivity index (χ0n) is 20.8. The molecule has 1 heterocycles. The maximum Gasteiger partial charge on any atom is 0.297 e. The van der Waals surface area contributed by atoms with E-state index >= 15 is 0 Å². The Labute approximate surface area is 204 Å². The van der Waals surface area contributed by atoms with Crippen LogP contribution in [-0.4, -0.2) is 36.4 Å². The molecule has 1 amide bonds. The first-order chi connectivity index (χ1) is 16.8. The number of aryl methyl sites for hydroxylation is 1. The van der Waals surface area contributed by atoms with E-state index in [1.165, 1.54) is 30.9 Å². The Kier molecular flexibility index (Phi) is 8.41. The third-order valence-electron chi connectivity index (χ3n) is 5.71. The van der Waals surface area contributed by atoms with E-state index in [2.05, 4.69) is 19.2 Å². The molecule has 2 aromatic carbocycles. The summed E-state index contributed by atoms with van der Waals surface area (Å²) in [5.74, 6) is 0.882. The van der Waals surface area contributed by atoms with Crippen LogP contribution in [0.3, 0.4) is 0 Å². The first-order valence-corrected chi connectivity index (χ1v) is 11.5. The van der Waals surface area contributed by atoms with Crippen molar-refractivity contribution in [3.8, 4) is 23.0 Å². The largest absolute Gasteiger partial charge is 0.504 e. The van der Waals surface area contributed by atoms with Crippen LogP contribution in [0, 0.1) is 5.92 Å². The number of benzene rings is 2. The van der Waals surface area contributed by atoms with Gasteiger partial charge in [-0.15, -0.1) is 0 Å². The lowest BCUT2D eigenvalue weighted by atomic mass is 10.1. The minimum absolute atomic E-state index is 0.0235. The molecule has 1 aromatic heterocycles. The summed E-state index contributed by atoms with van der Waals surface area (Å²) in [6, 6.07) is 10.0. The van der Waals surface area contributed by atoms with E-state index in [4.69, 9.17) is 14.2 Å². The van der Waals surface area contributed by atoms with Gasteiger partial charge >= 0.3 is 0 Å². The number of nitrogens with zero attached hydrogens (tertiary/aromatic N) is 1. The lowest BCUT2D eigenvalue weighted by Gasteiger charge is -2.18. The molecule has 0 aliphatic carbocycles. The molecule has 0 aliphatic heterocycles. The van der Waals surface area contributed by atoms with Gasteiger partial charge in [-0.25, -0.2) is 0 Å². The molecule has 0 aliphatic rings. The van der Waals surface area contributed by atoms with Crippen LogP contribution in [0.25, 0.3) is 17.0 Å². The number of nitrogens with one attached hydrogen (secondary N) is 1. The lowest BCUT2D eigenvalue weighted by Crippen LogP contribution is -2.22. The predicted molar refractivity (Wildman–Crippen MR) is 138 cm³/mol. The van der Waals surface area contributed by atoms with Crippen LogP contribution in [0.5, 0.6) is 23.0 Å². The number of aromatic hydroxyl groups is 1. The van der Waals surface area contributed by atoms with E-state index in [0.717, 1.165) is 12.8 Å². The molecule has 0 fully saturated rings. The number of rotatable bonds is 10. The third kappa shape index (κ3) is 5.95. The Morgan fingerprint density at radius 3 is 2.60 bits per heavy atom. The predicted octanol–water partition coefficient (Wildman–Crippen LogP) is 4.73. The molecule has 0 bridgehead atoms. The Hall–Kier alpha value is -3.94. The summed E-state index contributed by atoms with van der Waals surface area (Å²) in [5.41, 5.74) is 1.52. The molecule has 3 aromatic rings. The van der Waals surface area contributed by atoms with Crippen molar-refractivity contribution in [2.24, 2.45) is 13.0 Å². The van der Waals surface area contributed by atoms with Crippen LogP contribution < -0.4 is 25.1 Å². The Bertz CT molecular complexity index is 1300. The van der Waals surface area contributed by atoms with E-state index in [9.17, 15) is 14.7 Å². The van der Waals surface area contributed by atoms with Crippen molar-refractivity contribution in [1.29, 1.82) is 0 Å². The van der Waals surface area contributed by atoms with Crippen molar-refractivity contribution in [2.45, 2.75) is 26.7 Å². The number of phenolic OH excluding ortho intramolecular Hbond substituents is 1. The van der Waals surface area contributed by atoms with Gasteiger partial charge in [-0.3, -0.25) is 9.59 Å². The van der Waals surface area contributed by atoms with Gasteiger partial charge in [0.15, 0.2) is 17.2 Å². The molecule has 3 rings (SSSR count). The van der Waals surface area contributed by atoms with Crippen LogP contribution in [0.15, 0.2) is 47.3 Å². The number of anilines is 1. The monoisotopic (exact) mass is 480 g/mol. The van der Waals surface area contributed by atoms with Gasteiger partial charge in [0.1, 0.15) is 0 Å². The number of methoxy groups -OCH3 is 2. The molecule has 1 atom stereocenters. The summed E-state index contributed by atoms with van der Waals surface area (Å²) >= 11 is 0. The molecule has 0 spiro atoms. The maximum absolute atomic E-state index is 13.0. The van der Waals surface area contributed by atoms with Crippen LogP contribution in [0.1, 0.15) is 32.3 Å². The SMILES string of the molecule is CCCC(C)COc1c(OC)c2ccc(NC(=O)C=Cc3ccc(O)c(OC)c3)cc2n(C)c1=O. The highest BCUT2D eigenvalue weighted by Crippen LogP contribution is 2.34. The fraction of sp³-hybridized carbons (Fsp3) is 0.333. The second-order valence-corrected chi connectivity index (χ2v) is 8.42. The van der Waals surface area contributed by atoms with E-state index in [-0.39, 0.29) is 23.0 Å². The van der Waals surface area contributed by atoms with E-state index in [0.29, 0.717) is 46.2 Å². The lowest BCUT2D eigenvalue weighted by molar-refractivity contribution is -0.111. The zero-order valence-corrected chi connectivity index (χ0v) is 20.8. The molecule has 1 unspecified atom stereocenters. The average molecular weight is 481 g/mol. The maximum atomic E-state index is 13.0. The number of ether oxygens (including phenoxy) is 3. The fourth-order valence-electron chi connectivity index (χ4n) is 3.85. The Morgan fingerprint density at radius 2 is 1.91 bits per heavy atom. The number of hydrogen-bond donors (Lipinski definition) is 2. The number of fused-ring (bicyclic) bond motifs is 1. The van der Waals surface area contributed by atoms with Crippen molar-refractivity contribution < 1.29 is 24.1 Å². The molecule has 0 saturated heterocycles. The van der Waals surface area contributed by atoms with Gasteiger partial charge in [0.05, 0.1) is 26.3 Å². The summed E-state index contributed by atoms with van der Waals surface area (Å²) in [6.07, 6.45) is 5.04. The quantitative estimate of drug-likeness (QED) is 0.407. The number of aromatic nitrogens is 1. The molecular weight excluding hydrogens is 448 g/mol. The summed E-state index contributed by atoms with van der Waals surface area (Å²) < 4.78 is 18.0. The normalized spacial score (nSPS) is 12.0. The number of carbonyl (C=O) groups excluding carboxylic acids is 1. The van der Waals surface area contributed by atoms with Crippen LogP contribution in [0.4, 0.5) is 5.69 Å². The van der Waals surface area contributed by atoms with Gasteiger partial charge in [-0.2, -0.15) is 0 Å². The number of carbonyl (C=O) groups is 1. The highest BCUT2D eigenvalue weighted by atomic mass is 16.5. The first-order valence-electron chi connectivity index (χ1n) is 11.5. The summed E-state index contributed by atoms with van der Waals surface area (Å²) in [4.78, 5) is 25.5. The van der Waals surface area contributed by atoms with Gasteiger partial charge in [0.25, 0.3) is 5.56 Å². The van der Waals surface area contributed by atoms with E-state index in [1.807, 2.05) is 0 Å². The van der Waals surface area contributed by atoms with Gasteiger partial charge in [-0.05, 0) is 54.3 Å². The number of phenols is 1. The van der Waals surface area contributed by atoms with Crippen molar-refractivity contribution in [2.75, 3.05) is 26.1 Å². The summed E-state index contributed by atoms with van der Waals surface area (Å²) in [7, 11) is 4.63. The van der Waals surface area contributed by atoms with Gasteiger partial charge in [-0.1, -0.05) is 26.3 Å². The second kappa shape index (κ2) is 11.5. The third-order valence-corrected chi connectivity index (χ3v) is 5.71. The first kappa shape index (κ1) is 25.7. The van der Waals surface area contributed by atoms with E-state index < -0.39 is 0 Å². The minimum Gasteiger partial charge on any atom is -0.504 e. The van der Waals surface area contributed by atoms with Crippen molar-refractivity contribution in [3.63, 3.8) is 0 Å². The molecule has 0 radical (unpaired) electrons. The van der Waals surface area contributed by atoms with Crippen molar-refractivity contribution in [1.82, 2.24) is 4.57 Å². The van der Waals surface area contributed by atoms with Gasteiger partial charge in [0, 0.05) is 24.2 Å². The standard InChI is InChI=1S/C27H32N2O6/c1-6-7-17(2)16-35-26-25(34-5)20-11-10-19(15-21(20)29(3)27(26)32)28-24(31)13-9-18-8-12-22(30)23(14-18)33-4/h8-15,17,30H,6-7,16H2,1-5H3,(H,28,31). The number of pyridine rings is 1. The van der Waals surface area contributed by atoms with Gasteiger partial charge < -0.3 is 29.2 Å². The molecular formula is C27H32N2O6. The molecule has 8 nitrogen and oxygen atoms in total. The topological polar surface area (TPSA) is 99.0 Å². The summed E-state index contributed by atoms with van der Waals surface area (Å²) in [6.45, 7) is 4.63. The van der Waals surface area contributed by atoms with Crippen LogP contribution in [-0.2, 0) is 11.8 Å². The minimum atomic E-state index is -0.349. The molecule has 186 valence electrons. The number of amides is 1. The fourth-order valence-corrected chi connectivity index (χ4v) is 3.85. The molecule has 35 heavy (non-hydrogen) atoms. The van der Waals surface area contributed by atoms with Crippen molar-refractivity contribution in [3.05, 3.63) is 58.4 Å². The second-order valence-electron chi connectivity index (χ2n) is 8.42. The molecule has 0 saturated carbocycles. The van der Waals surface area contributed by atoms with Crippen LogP contribution >= 0.6 is 0 Å². The summed E-state index contributed by atoms with van der Waals surface area (Å²) in [5, 5.41) is 13.2. The zero-order chi connectivity index (χ0) is 25.5. The Balaban J connectivity index is 1.85. The molecule has 8 heteroatoms. The van der Waals surface area contributed by atoms with Gasteiger partial charge in [0.2, 0.25) is 11.7 Å². The Morgan fingerprint density at radius 1 is 1.14 bits per heavy atom. The highest BCUT2D eigenvalue weighted by Gasteiger charge is 2.19. The number of hydrogen-bond acceptors (Lipinski definition) is 6. The average Bonchev–Trinajstić information content (AvgIpc) is 2.85. The smallest absolute Gasteiger partial charge is 0.297 e. The van der Waals surface area contributed by atoms with Crippen molar-refractivity contribution >= 4 is 28.6 Å².